The van der Waals surface area contributed by atoms with Crippen molar-refractivity contribution in [3.8, 4) is 0 Å². The van der Waals surface area contributed by atoms with Crippen LogP contribution in [0.2, 0.25) is 0 Å². The maximum absolute atomic E-state index is 12.3. The third-order valence-corrected chi connectivity index (χ3v) is 3.96. The van der Waals surface area contributed by atoms with Gasteiger partial charge >= 0.3 is 0 Å². The van der Waals surface area contributed by atoms with Crippen LogP contribution in [-0.4, -0.2) is 18.2 Å². The number of nitrogens with zero attached hydrogens (tertiary/aromatic N) is 1. The van der Waals surface area contributed by atoms with Crippen LogP contribution in [0, 0.1) is 5.41 Å². The number of Topliss-reactive ketones (excluding diaryl/α,β-unsaturated/α-hetero) is 1. The number of benzene rings is 2. The summed E-state index contributed by atoms with van der Waals surface area (Å²) in [6, 6.07) is 15.2. The molecule has 3 rings (SSSR count). The zero-order valence-electron chi connectivity index (χ0n) is 11.1. The molecule has 3 nitrogen and oxygen atoms in total. The highest BCUT2D eigenvalue weighted by molar-refractivity contribution is 9.10. The average molecular weight is 409 g/mol. The molecule has 1 N–H and O–H groups in total. The number of nitrogens with one attached hydrogen (secondary N) is 1. The minimum Gasteiger partial charge on any atom is -1.00 e. The van der Waals surface area contributed by atoms with Crippen molar-refractivity contribution in [2.75, 3.05) is 11.4 Å². The van der Waals surface area contributed by atoms with Crippen molar-refractivity contribution in [2.24, 2.45) is 0 Å². The monoisotopic (exact) mass is 407 g/mol. The third-order valence-electron chi connectivity index (χ3n) is 3.43. The van der Waals surface area contributed by atoms with E-state index in [1.54, 1.807) is 17.0 Å². The molecule has 1 heterocycles. The van der Waals surface area contributed by atoms with E-state index in [9.17, 15) is 4.79 Å². The number of carbonyl (C=O) groups is 1. The Bertz CT molecular complexity index is 683. The van der Waals surface area contributed by atoms with Crippen LogP contribution < -0.4 is 21.9 Å². The number of para-hydroxylation sites is 1. The van der Waals surface area contributed by atoms with E-state index in [4.69, 9.17) is 5.41 Å². The van der Waals surface area contributed by atoms with Crippen LogP contribution in [0.15, 0.2) is 53.0 Å². The highest BCUT2D eigenvalue weighted by atomic mass is 79.9. The Labute approximate surface area is 142 Å². The second kappa shape index (κ2) is 6.54. The van der Waals surface area contributed by atoms with E-state index in [0.717, 1.165) is 15.7 Å². The number of hydrogen-bond acceptors (Lipinski definition) is 2. The van der Waals surface area contributed by atoms with Crippen LogP contribution in [0.5, 0.6) is 0 Å². The van der Waals surface area contributed by atoms with Crippen molar-refractivity contribution in [2.45, 2.75) is 6.42 Å². The van der Waals surface area contributed by atoms with Crippen molar-refractivity contribution in [3.05, 3.63) is 64.1 Å². The lowest BCUT2D eigenvalue weighted by atomic mass is 10.1. The van der Waals surface area contributed by atoms with Crippen LogP contribution >= 0.6 is 15.9 Å². The molecule has 21 heavy (non-hydrogen) atoms. The molecule has 1 aliphatic rings. The molecule has 0 unspecified atom stereocenters. The zero-order chi connectivity index (χ0) is 14.1. The van der Waals surface area contributed by atoms with Gasteiger partial charge in [-0.05, 0) is 23.8 Å². The molecule has 108 valence electrons. The van der Waals surface area contributed by atoms with Gasteiger partial charge in [-0.3, -0.25) is 10.2 Å². The van der Waals surface area contributed by atoms with Crippen LogP contribution in [0.4, 0.5) is 5.69 Å². The van der Waals surface area contributed by atoms with E-state index >= 15 is 0 Å². The maximum atomic E-state index is 12.3. The molecule has 1 aliphatic heterocycles. The van der Waals surface area contributed by atoms with Crippen LogP contribution in [-0.2, 0) is 6.42 Å². The summed E-state index contributed by atoms with van der Waals surface area (Å²) in [5, 5.41) is 8.05. The molecule has 2 aromatic carbocycles. The van der Waals surface area contributed by atoms with Gasteiger partial charge in [0.05, 0.1) is 6.54 Å². The van der Waals surface area contributed by atoms with Gasteiger partial charge in [0, 0.05) is 22.1 Å². The molecular weight excluding hydrogens is 396 g/mol. The predicted octanol–water partition coefficient (Wildman–Crippen LogP) is 0.676. The van der Waals surface area contributed by atoms with Crippen molar-refractivity contribution < 1.29 is 21.8 Å². The van der Waals surface area contributed by atoms with E-state index in [-0.39, 0.29) is 29.3 Å². The summed E-state index contributed by atoms with van der Waals surface area (Å²) in [4.78, 5) is 14.1. The molecule has 0 aliphatic carbocycles. The van der Waals surface area contributed by atoms with Gasteiger partial charge in [0.25, 0.3) is 0 Å². The molecule has 0 amide bonds. The second-order valence-electron chi connectivity index (χ2n) is 4.77. The fraction of sp³-hybridized carbons (Fsp3) is 0.125. The quantitative estimate of drug-likeness (QED) is 0.759. The second-order valence-corrected chi connectivity index (χ2v) is 5.68. The molecule has 0 radical (unpaired) electrons. The van der Waals surface area contributed by atoms with Gasteiger partial charge in [-0.15, -0.1) is 0 Å². The van der Waals surface area contributed by atoms with Gasteiger partial charge in [-0.2, -0.15) is 0 Å². The van der Waals surface area contributed by atoms with E-state index in [1.807, 2.05) is 36.4 Å². The van der Waals surface area contributed by atoms with Gasteiger partial charge in [0.15, 0.2) is 5.78 Å². The highest BCUT2D eigenvalue weighted by Crippen LogP contribution is 2.28. The largest absolute Gasteiger partial charge is 1.00 e. The molecular formula is C16H13Br2N2O-. The molecule has 0 spiro atoms. The fourth-order valence-electron chi connectivity index (χ4n) is 2.40. The summed E-state index contributed by atoms with van der Waals surface area (Å²) < 4.78 is 0.952. The smallest absolute Gasteiger partial charge is 0.182 e. The molecule has 5 heteroatoms. The Hall–Kier alpha value is -1.46. The van der Waals surface area contributed by atoms with Crippen LogP contribution in [0.25, 0.3) is 0 Å². The lowest BCUT2D eigenvalue weighted by molar-refractivity contribution is -0.0000118. The summed E-state index contributed by atoms with van der Waals surface area (Å²) in [6.07, 6.45) is 0.601. The van der Waals surface area contributed by atoms with Gasteiger partial charge in [-0.25, -0.2) is 0 Å². The van der Waals surface area contributed by atoms with E-state index < -0.39 is 0 Å². The fourth-order valence-corrected chi connectivity index (χ4v) is 2.66. The predicted molar refractivity (Wildman–Crippen MR) is 83.7 cm³/mol. The summed E-state index contributed by atoms with van der Waals surface area (Å²) in [5.74, 6) is 0.510. The number of amidine groups is 1. The number of halogens is 2. The van der Waals surface area contributed by atoms with E-state index in [0.29, 0.717) is 17.8 Å². The van der Waals surface area contributed by atoms with Crippen molar-refractivity contribution in [1.82, 2.24) is 0 Å². The van der Waals surface area contributed by atoms with Gasteiger partial charge in [0.2, 0.25) is 0 Å². The lowest BCUT2D eigenvalue weighted by Crippen LogP contribution is -3.00. The molecule has 0 saturated heterocycles. The Morgan fingerprint density at radius 2 is 1.81 bits per heavy atom. The standard InChI is InChI=1S/C16H13BrN2O.BrH/c17-13-7-5-11(6-8-13)15(20)10-19-14-4-2-1-3-12(14)9-16(19)18;/h1-8,18H,9-10H2;1H/p-1. The minimum absolute atomic E-state index is 0. The number of fused-ring (bicyclic) bond motifs is 1. The average Bonchev–Trinajstić information content (AvgIpc) is 2.76. The van der Waals surface area contributed by atoms with Crippen molar-refractivity contribution in [1.29, 1.82) is 5.41 Å². The van der Waals surface area contributed by atoms with Gasteiger partial charge in [-0.1, -0.05) is 46.3 Å². The summed E-state index contributed by atoms with van der Waals surface area (Å²) >= 11 is 3.36. The Balaban J connectivity index is 0.00000161. The first-order valence-electron chi connectivity index (χ1n) is 6.37. The Morgan fingerprint density at radius 3 is 2.52 bits per heavy atom. The first-order chi connectivity index (χ1) is 9.65. The Morgan fingerprint density at radius 1 is 1.14 bits per heavy atom. The van der Waals surface area contributed by atoms with Crippen LogP contribution in [0.3, 0.4) is 0 Å². The topological polar surface area (TPSA) is 44.2 Å². The van der Waals surface area contributed by atoms with Gasteiger partial charge in [0.1, 0.15) is 5.84 Å². The molecule has 0 fully saturated rings. The normalized spacial score (nSPS) is 12.8. The SMILES string of the molecule is N=C1Cc2ccccc2N1CC(=O)c1ccc(Br)cc1.[Br-]. The number of rotatable bonds is 3. The van der Waals surface area contributed by atoms with E-state index in [2.05, 4.69) is 15.9 Å². The molecule has 0 aromatic heterocycles. The number of ketones is 1. The zero-order valence-corrected chi connectivity index (χ0v) is 14.3. The van der Waals surface area contributed by atoms with E-state index in [1.165, 1.54) is 0 Å². The number of hydrogen-bond donors (Lipinski definition) is 1. The van der Waals surface area contributed by atoms with Crippen molar-refractivity contribution >= 4 is 33.2 Å². The van der Waals surface area contributed by atoms with Crippen LogP contribution in [0.1, 0.15) is 15.9 Å². The number of anilines is 1. The van der Waals surface area contributed by atoms with Gasteiger partial charge < -0.3 is 21.9 Å². The Kier molecular flexibility index (Phi) is 4.96. The van der Waals surface area contributed by atoms with Crippen molar-refractivity contribution in [3.63, 3.8) is 0 Å². The summed E-state index contributed by atoms with van der Waals surface area (Å²) in [7, 11) is 0. The summed E-state index contributed by atoms with van der Waals surface area (Å²) in [5.41, 5.74) is 2.76. The maximum Gasteiger partial charge on any atom is 0.182 e. The molecule has 0 atom stereocenters. The first kappa shape index (κ1) is 15.9. The summed E-state index contributed by atoms with van der Waals surface area (Å²) in [6.45, 7) is 0.220. The minimum atomic E-state index is 0. The third kappa shape index (κ3) is 3.24. The molecule has 0 bridgehead atoms. The molecule has 0 saturated carbocycles. The highest BCUT2D eigenvalue weighted by Gasteiger charge is 2.25. The molecule has 2 aromatic rings. The first-order valence-corrected chi connectivity index (χ1v) is 7.16. The lowest BCUT2D eigenvalue weighted by Gasteiger charge is -2.18. The number of carbonyl (C=O) groups excluding carboxylic acids is 1.